The van der Waals surface area contributed by atoms with E-state index in [1.54, 1.807) is 10.7 Å². The van der Waals surface area contributed by atoms with Crippen molar-refractivity contribution in [3.63, 3.8) is 0 Å². The van der Waals surface area contributed by atoms with Crippen LogP contribution in [0.3, 0.4) is 0 Å². The first-order valence-electron chi connectivity index (χ1n) is 9.98. The van der Waals surface area contributed by atoms with Gasteiger partial charge in [0.15, 0.2) is 0 Å². The van der Waals surface area contributed by atoms with E-state index in [0.29, 0.717) is 22.1 Å². The van der Waals surface area contributed by atoms with Crippen molar-refractivity contribution in [2.45, 2.75) is 69.2 Å². The Morgan fingerprint density at radius 1 is 1.31 bits per heavy atom. The summed E-state index contributed by atoms with van der Waals surface area (Å²) in [7, 11) is 0. The first-order valence-corrected chi connectivity index (χ1v) is 12.1. The number of rotatable bonds is 8. The highest BCUT2D eigenvalue weighted by molar-refractivity contribution is 8.00. The Hall–Kier alpha value is -1.51. The Balaban J connectivity index is 1.75. The monoisotopic (exact) mass is 455 g/mol. The van der Waals surface area contributed by atoms with Crippen molar-refractivity contribution >= 4 is 46.4 Å². The summed E-state index contributed by atoms with van der Waals surface area (Å²) in [6.45, 7) is 5.93. The molecule has 1 aliphatic heterocycles. The Morgan fingerprint density at radius 2 is 2.07 bits per heavy atom. The minimum Gasteiger partial charge on any atom is -0.465 e. The Kier molecular flexibility index (Phi) is 8.03. The van der Waals surface area contributed by atoms with Crippen LogP contribution < -0.4 is 9.67 Å². The number of benzene rings is 1. The van der Waals surface area contributed by atoms with Crippen LogP contribution in [0.15, 0.2) is 32.9 Å². The van der Waals surface area contributed by atoms with Crippen molar-refractivity contribution in [3.05, 3.63) is 37.7 Å². The van der Waals surface area contributed by atoms with Gasteiger partial charge in [0, 0.05) is 18.0 Å². The largest absolute Gasteiger partial charge is 0.465 e. The molecule has 3 rings (SSSR count). The van der Waals surface area contributed by atoms with Gasteiger partial charge in [0.25, 0.3) is 0 Å². The number of esters is 1. The fourth-order valence-corrected chi connectivity index (χ4v) is 5.12. The van der Waals surface area contributed by atoms with Gasteiger partial charge in [-0.05, 0) is 55.7 Å². The molecule has 9 heteroatoms. The van der Waals surface area contributed by atoms with Gasteiger partial charge >= 0.3 is 10.8 Å². The molecular weight excluding hydrogens is 430 g/mol. The maximum absolute atomic E-state index is 12.2. The molecule has 0 amide bonds. The number of halogens is 1. The summed E-state index contributed by atoms with van der Waals surface area (Å²) in [5, 5.41) is 0.205. The molecule has 1 aromatic heterocycles. The molecule has 6 nitrogen and oxygen atoms in total. The second-order valence-electron chi connectivity index (χ2n) is 6.97. The minimum atomic E-state index is -0.364. The van der Waals surface area contributed by atoms with Crippen LogP contribution in [0.25, 0.3) is 0 Å². The van der Waals surface area contributed by atoms with Gasteiger partial charge in [-0.2, -0.15) is 0 Å². The van der Waals surface area contributed by atoms with E-state index in [9.17, 15) is 9.59 Å². The number of unbranched alkanes of at least 4 members (excludes halogenated alkanes) is 2. The Morgan fingerprint density at radius 3 is 2.83 bits per heavy atom. The van der Waals surface area contributed by atoms with Crippen LogP contribution in [0.4, 0.5) is 5.69 Å². The van der Waals surface area contributed by atoms with E-state index < -0.39 is 0 Å². The number of hydrogen-bond acceptors (Lipinski definition) is 6. The van der Waals surface area contributed by atoms with Crippen molar-refractivity contribution in [2.24, 2.45) is 4.99 Å². The van der Waals surface area contributed by atoms with Crippen molar-refractivity contribution in [2.75, 3.05) is 6.61 Å². The number of carbonyl (C=O) groups excluding carboxylic acids is 1. The third-order valence-electron chi connectivity index (χ3n) is 4.66. The molecule has 0 bridgehead atoms. The van der Waals surface area contributed by atoms with Crippen LogP contribution in [-0.4, -0.2) is 27.2 Å². The lowest BCUT2D eigenvalue weighted by atomic mass is 10.3. The number of fused-ring (bicyclic) bond motifs is 1. The van der Waals surface area contributed by atoms with E-state index in [1.807, 2.05) is 23.7 Å². The number of hydrogen-bond donors (Lipinski definition) is 0. The SMILES string of the molecule is CCCCCOC(=O)C(C)Sc1cc(N=c2sc(=O)n3n2CCCC3)ccc1Cl. The summed E-state index contributed by atoms with van der Waals surface area (Å²) in [6, 6.07) is 5.46. The summed E-state index contributed by atoms with van der Waals surface area (Å²) >= 11 is 8.86. The minimum absolute atomic E-state index is 0.0199. The number of carbonyl (C=O) groups is 1. The lowest BCUT2D eigenvalue weighted by molar-refractivity contribution is -0.142. The summed E-state index contributed by atoms with van der Waals surface area (Å²) in [5.41, 5.74) is 0.711. The molecule has 0 saturated carbocycles. The molecule has 1 unspecified atom stereocenters. The molecule has 0 fully saturated rings. The quantitative estimate of drug-likeness (QED) is 0.331. The van der Waals surface area contributed by atoms with E-state index in [-0.39, 0.29) is 16.1 Å². The zero-order valence-corrected chi connectivity index (χ0v) is 19.1. The molecular formula is C20H26ClN3O3S2. The Labute approximate surface area is 183 Å². The lowest BCUT2D eigenvalue weighted by Crippen LogP contribution is -2.31. The van der Waals surface area contributed by atoms with Gasteiger partial charge in [-0.3, -0.25) is 14.3 Å². The van der Waals surface area contributed by atoms with Crippen LogP contribution in [0.5, 0.6) is 0 Å². The summed E-state index contributed by atoms with van der Waals surface area (Å²) in [6.07, 6.45) is 5.09. The molecule has 1 aliphatic rings. The maximum Gasteiger partial charge on any atom is 0.325 e. The highest BCUT2D eigenvalue weighted by atomic mass is 35.5. The fourth-order valence-electron chi connectivity index (χ4n) is 3.06. The van der Waals surface area contributed by atoms with Crippen LogP contribution >= 0.6 is 34.7 Å². The number of nitrogens with zero attached hydrogens (tertiary/aromatic N) is 3. The van der Waals surface area contributed by atoms with Gasteiger partial charge in [0.05, 0.1) is 17.3 Å². The molecule has 2 aromatic rings. The molecule has 0 N–H and O–H groups in total. The first kappa shape index (κ1) is 22.2. The zero-order chi connectivity index (χ0) is 20.8. The average molecular weight is 456 g/mol. The van der Waals surface area contributed by atoms with E-state index in [1.165, 1.54) is 11.8 Å². The van der Waals surface area contributed by atoms with Crippen molar-refractivity contribution in [3.8, 4) is 0 Å². The fraction of sp³-hybridized carbons (Fsp3) is 0.550. The topological polar surface area (TPSA) is 65.6 Å². The van der Waals surface area contributed by atoms with Crippen molar-refractivity contribution < 1.29 is 9.53 Å². The predicted octanol–water partition coefficient (Wildman–Crippen LogP) is 4.60. The molecule has 158 valence electrons. The first-order chi connectivity index (χ1) is 14.0. The number of aromatic nitrogens is 2. The third-order valence-corrected chi connectivity index (χ3v) is 7.11. The second kappa shape index (κ2) is 10.5. The number of thioether (sulfide) groups is 1. The molecule has 1 atom stereocenters. The van der Waals surface area contributed by atoms with E-state index in [0.717, 1.165) is 61.4 Å². The smallest absolute Gasteiger partial charge is 0.325 e. The average Bonchev–Trinajstić information content (AvgIpc) is 3.03. The normalized spacial score (nSPS) is 15.2. The van der Waals surface area contributed by atoms with Gasteiger partial charge in [-0.25, -0.2) is 9.67 Å². The highest BCUT2D eigenvalue weighted by Crippen LogP contribution is 2.34. The summed E-state index contributed by atoms with van der Waals surface area (Å²) in [5.74, 6) is -0.236. The Bertz CT molecular complexity index is 980. The van der Waals surface area contributed by atoms with Crippen LogP contribution in [-0.2, 0) is 22.6 Å². The molecule has 0 aliphatic carbocycles. The van der Waals surface area contributed by atoms with Gasteiger partial charge in [-0.15, -0.1) is 11.8 Å². The molecule has 0 spiro atoms. The van der Waals surface area contributed by atoms with Crippen molar-refractivity contribution in [1.82, 2.24) is 9.36 Å². The van der Waals surface area contributed by atoms with Gasteiger partial charge in [0.2, 0.25) is 4.80 Å². The van der Waals surface area contributed by atoms with Crippen LogP contribution in [0.2, 0.25) is 5.02 Å². The standard InChI is InChI=1S/C20H26ClN3O3S2/c1-3-4-7-12-27-18(25)14(2)28-17-13-15(8-9-16(17)21)22-19-23-10-5-6-11-24(23)20(26)29-19/h8-9,13-14H,3-7,10-12H2,1-2H3. The van der Waals surface area contributed by atoms with Crippen LogP contribution in [0, 0.1) is 0 Å². The highest BCUT2D eigenvalue weighted by Gasteiger charge is 2.18. The maximum atomic E-state index is 12.2. The zero-order valence-electron chi connectivity index (χ0n) is 16.7. The van der Waals surface area contributed by atoms with Crippen LogP contribution in [0.1, 0.15) is 46.0 Å². The molecule has 1 aromatic carbocycles. The molecule has 0 saturated heterocycles. The van der Waals surface area contributed by atoms with E-state index >= 15 is 0 Å². The molecule has 29 heavy (non-hydrogen) atoms. The summed E-state index contributed by atoms with van der Waals surface area (Å²) < 4.78 is 9.06. The second-order valence-corrected chi connectivity index (χ2v) is 9.67. The number of ether oxygens (including phenoxy) is 1. The molecule has 0 radical (unpaired) electrons. The van der Waals surface area contributed by atoms with Gasteiger partial charge < -0.3 is 4.74 Å². The third kappa shape index (κ3) is 5.77. The molecule has 2 heterocycles. The van der Waals surface area contributed by atoms with Gasteiger partial charge in [-0.1, -0.05) is 31.4 Å². The van der Waals surface area contributed by atoms with E-state index in [4.69, 9.17) is 16.3 Å². The van der Waals surface area contributed by atoms with E-state index in [2.05, 4.69) is 11.9 Å². The predicted molar refractivity (Wildman–Crippen MR) is 118 cm³/mol. The lowest BCUT2D eigenvalue weighted by Gasteiger charge is -2.15. The van der Waals surface area contributed by atoms with Crippen molar-refractivity contribution in [1.29, 1.82) is 0 Å². The summed E-state index contributed by atoms with van der Waals surface area (Å²) in [4.78, 5) is 30.5. The van der Waals surface area contributed by atoms with Gasteiger partial charge in [0.1, 0.15) is 5.25 Å².